The van der Waals surface area contributed by atoms with E-state index < -0.39 is 122 Å². The van der Waals surface area contributed by atoms with Crippen LogP contribution in [0.3, 0.4) is 0 Å². The molecule has 0 aliphatic carbocycles. The van der Waals surface area contributed by atoms with E-state index in [1.165, 1.54) is 26.8 Å². The van der Waals surface area contributed by atoms with E-state index in [4.69, 9.17) is 0 Å². The highest BCUT2D eigenvalue weighted by Crippen LogP contribution is 2.62. The zero-order valence-electron chi connectivity index (χ0n) is 31.1. The molecule has 0 spiro atoms. The van der Waals surface area contributed by atoms with Crippen LogP contribution in [0.25, 0.3) is 0 Å². The number of carbonyl (C=O) groups is 2. The molecule has 4 nitrogen and oxygen atoms in total. The fourth-order valence-corrected chi connectivity index (χ4v) is 5.46. The standard InChI is InChI=1S/C32H30F26N2O2/c1-4-14-11-15(5-2)18(13-60-20(62)8-10-22(35,36)24(39,40)26(43,44)28(47,48)30(51,52)32(56,57)58)16(6-3)17(14)12-59-19(61)7-9-21(33,34)23(37,38)25(41,42)27(45,46)29(49,50)31(53,54)55/h11H,4-10,12-13H2,1-3H3,(H,59,61)(H,60,62). The maximum Gasteiger partial charge on any atom is 0.460 e. The third-order valence-corrected chi connectivity index (χ3v) is 9.22. The molecule has 0 aliphatic rings. The Kier molecular flexibility index (Phi) is 16.1. The molecule has 0 aliphatic heterocycles. The van der Waals surface area contributed by atoms with Crippen molar-refractivity contribution < 1.29 is 124 Å². The summed E-state index contributed by atoms with van der Waals surface area (Å²) in [6.45, 7) is 2.53. The Hall–Kier alpha value is -3.66. The van der Waals surface area contributed by atoms with Crippen LogP contribution in [-0.2, 0) is 41.9 Å². The second-order valence-electron chi connectivity index (χ2n) is 13.2. The topological polar surface area (TPSA) is 58.2 Å². The van der Waals surface area contributed by atoms with E-state index in [0.29, 0.717) is 0 Å². The lowest BCUT2D eigenvalue weighted by Gasteiger charge is -2.39. The van der Waals surface area contributed by atoms with Crippen molar-refractivity contribution in [3.05, 3.63) is 33.9 Å². The van der Waals surface area contributed by atoms with Gasteiger partial charge in [-0.2, -0.15) is 114 Å². The molecule has 30 heteroatoms. The quantitative estimate of drug-likeness (QED) is 0.121. The van der Waals surface area contributed by atoms with Gasteiger partial charge in [-0.05, 0) is 47.1 Å². The molecule has 2 N–H and O–H groups in total. The zero-order valence-corrected chi connectivity index (χ0v) is 31.1. The summed E-state index contributed by atoms with van der Waals surface area (Å²) in [4.78, 5) is 24.7. The maximum absolute atomic E-state index is 14.2. The van der Waals surface area contributed by atoms with Gasteiger partial charge < -0.3 is 10.6 Å². The Morgan fingerprint density at radius 3 is 0.871 bits per heavy atom. The summed E-state index contributed by atoms with van der Waals surface area (Å²) in [7, 11) is 0. The normalized spacial score (nSPS) is 14.9. The zero-order chi connectivity index (χ0) is 49.5. The van der Waals surface area contributed by atoms with Gasteiger partial charge in [-0.3, -0.25) is 9.59 Å². The minimum absolute atomic E-state index is 0.00979. The largest absolute Gasteiger partial charge is 0.460 e. The van der Waals surface area contributed by atoms with Crippen LogP contribution in [0.4, 0.5) is 114 Å². The van der Waals surface area contributed by atoms with Gasteiger partial charge >= 0.3 is 71.6 Å². The molecule has 0 unspecified atom stereocenters. The fraction of sp³-hybridized carbons (Fsp3) is 0.750. The van der Waals surface area contributed by atoms with Crippen LogP contribution < -0.4 is 10.6 Å². The van der Waals surface area contributed by atoms with Crippen molar-refractivity contribution in [2.45, 2.75) is 150 Å². The number of aryl methyl sites for hydroxylation is 2. The molecular formula is C32H30F26N2O2. The van der Waals surface area contributed by atoms with Crippen molar-refractivity contribution in [2.24, 2.45) is 0 Å². The molecule has 0 radical (unpaired) electrons. The molecule has 0 atom stereocenters. The minimum Gasteiger partial charge on any atom is -0.352 e. The first-order valence-electron chi connectivity index (χ1n) is 16.9. The number of hydrogen-bond donors (Lipinski definition) is 2. The molecule has 2 amide bonds. The van der Waals surface area contributed by atoms with Crippen molar-refractivity contribution >= 4 is 11.8 Å². The number of alkyl halides is 26. The van der Waals surface area contributed by atoms with Crippen LogP contribution in [-0.4, -0.2) is 83.4 Å². The number of rotatable bonds is 21. The first kappa shape index (κ1) is 56.4. The number of hydrogen-bond acceptors (Lipinski definition) is 2. The molecule has 0 fully saturated rings. The predicted octanol–water partition coefficient (Wildman–Crippen LogP) is 11.6. The number of nitrogens with one attached hydrogen (secondary N) is 2. The minimum atomic E-state index is -8.18. The van der Waals surface area contributed by atoms with E-state index in [2.05, 4.69) is 0 Å². The van der Waals surface area contributed by atoms with Crippen molar-refractivity contribution in [1.82, 2.24) is 10.6 Å². The Morgan fingerprint density at radius 2 is 0.645 bits per heavy atom. The van der Waals surface area contributed by atoms with Crippen LogP contribution in [0, 0.1) is 0 Å². The van der Waals surface area contributed by atoms with Crippen LogP contribution >= 0.6 is 0 Å². The first-order valence-corrected chi connectivity index (χ1v) is 16.9. The van der Waals surface area contributed by atoms with Crippen molar-refractivity contribution in [3.8, 4) is 0 Å². The van der Waals surface area contributed by atoms with Crippen LogP contribution in [0.15, 0.2) is 6.07 Å². The second-order valence-corrected chi connectivity index (χ2v) is 13.2. The lowest BCUT2D eigenvalue weighted by atomic mass is 9.87. The van der Waals surface area contributed by atoms with Crippen molar-refractivity contribution in [1.29, 1.82) is 0 Å². The van der Waals surface area contributed by atoms with Gasteiger partial charge in [0, 0.05) is 38.8 Å². The monoisotopic (exact) mass is 968 g/mol. The number of carbonyl (C=O) groups excluding carboxylic acids is 2. The molecule has 0 aromatic heterocycles. The Labute approximate surface area is 331 Å². The summed E-state index contributed by atoms with van der Waals surface area (Å²) in [6, 6.07) is 1.31. The Balaban J connectivity index is 3.31. The first-order chi connectivity index (χ1) is 27.3. The Bertz CT molecular complexity index is 1630. The number of benzene rings is 1. The summed E-state index contributed by atoms with van der Waals surface area (Å²) in [5.41, 5.74) is 0.471. The number of amides is 2. The molecule has 1 rings (SSSR count). The molecular weight excluding hydrogens is 938 g/mol. The van der Waals surface area contributed by atoms with Crippen molar-refractivity contribution in [2.75, 3.05) is 0 Å². The second kappa shape index (κ2) is 17.7. The Morgan fingerprint density at radius 1 is 0.387 bits per heavy atom. The summed E-state index contributed by atoms with van der Waals surface area (Å²) in [6.07, 6.45) is -25.2. The maximum atomic E-state index is 14.2. The molecule has 0 saturated heterocycles. The van der Waals surface area contributed by atoms with Gasteiger partial charge in [0.15, 0.2) is 0 Å². The van der Waals surface area contributed by atoms with Crippen LogP contribution in [0.2, 0.25) is 0 Å². The van der Waals surface area contributed by atoms with Crippen molar-refractivity contribution in [3.63, 3.8) is 0 Å². The molecule has 1 aromatic rings. The molecule has 362 valence electrons. The van der Waals surface area contributed by atoms with Gasteiger partial charge in [-0.1, -0.05) is 26.8 Å². The SMILES string of the molecule is CCc1cc(CC)c(CNC(=O)CCC(F)(F)C(F)(F)C(F)(F)C(F)(F)C(F)(F)C(F)(F)F)c(CC)c1CNC(=O)CCC(F)(F)C(F)(F)C(F)(F)C(F)(F)C(F)(F)C(F)(F)F. The summed E-state index contributed by atoms with van der Waals surface area (Å²) >= 11 is 0. The number of halogens is 26. The average molecular weight is 969 g/mol. The molecule has 0 heterocycles. The summed E-state index contributed by atoms with van der Waals surface area (Å²) < 4.78 is 348. The molecule has 0 bridgehead atoms. The fourth-order valence-electron chi connectivity index (χ4n) is 5.46. The van der Waals surface area contributed by atoms with E-state index in [9.17, 15) is 124 Å². The third-order valence-electron chi connectivity index (χ3n) is 9.22. The van der Waals surface area contributed by atoms with E-state index in [-0.39, 0.29) is 47.1 Å². The highest BCUT2D eigenvalue weighted by Gasteiger charge is 2.92. The predicted molar refractivity (Wildman–Crippen MR) is 158 cm³/mol. The highest BCUT2D eigenvalue weighted by molar-refractivity contribution is 5.76. The van der Waals surface area contributed by atoms with Crippen LogP contribution in [0.1, 0.15) is 74.3 Å². The summed E-state index contributed by atoms with van der Waals surface area (Å²) in [5, 5.41) is 3.64. The van der Waals surface area contributed by atoms with Gasteiger partial charge in [0.1, 0.15) is 0 Å². The average Bonchev–Trinajstić information content (AvgIpc) is 3.12. The van der Waals surface area contributed by atoms with Crippen LogP contribution in [0.5, 0.6) is 0 Å². The van der Waals surface area contributed by atoms with Gasteiger partial charge in [-0.25, -0.2) is 0 Å². The van der Waals surface area contributed by atoms with E-state index in [1.54, 1.807) is 0 Å². The van der Waals surface area contributed by atoms with E-state index in [0.717, 1.165) is 0 Å². The molecule has 1 aromatic carbocycles. The third kappa shape index (κ3) is 9.56. The van der Waals surface area contributed by atoms with E-state index >= 15 is 0 Å². The lowest BCUT2D eigenvalue weighted by molar-refractivity contribution is -0.440. The molecule has 62 heavy (non-hydrogen) atoms. The summed E-state index contributed by atoms with van der Waals surface area (Å²) in [5.74, 6) is -80.6. The van der Waals surface area contributed by atoms with Gasteiger partial charge in [0.25, 0.3) is 0 Å². The highest BCUT2D eigenvalue weighted by atomic mass is 19.4. The lowest BCUT2D eigenvalue weighted by Crippen LogP contribution is -2.70. The van der Waals surface area contributed by atoms with E-state index in [1.807, 2.05) is 10.6 Å². The van der Waals surface area contributed by atoms with Gasteiger partial charge in [0.2, 0.25) is 11.8 Å². The van der Waals surface area contributed by atoms with Gasteiger partial charge in [0.05, 0.1) is 0 Å². The smallest absolute Gasteiger partial charge is 0.352 e. The molecule has 0 saturated carbocycles. The van der Waals surface area contributed by atoms with Gasteiger partial charge in [-0.15, -0.1) is 0 Å².